The third-order valence-corrected chi connectivity index (χ3v) is 2.04. The maximum Gasteiger partial charge on any atom is 0.416 e. The molecule has 0 saturated carbocycles. The maximum atomic E-state index is 12.3. The first-order valence-corrected chi connectivity index (χ1v) is 4.60. The zero-order valence-corrected chi connectivity index (χ0v) is 8.66. The van der Waals surface area contributed by atoms with E-state index < -0.39 is 17.7 Å². The van der Waals surface area contributed by atoms with Crippen molar-refractivity contribution in [2.75, 3.05) is 0 Å². The first kappa shape index (κ1) is 13.0. The molecule has 1 aromatic rings. The number of hydrogen-bond acceptors (Lipinski definition) is 1. The van der Waals surface area contributed by atoms with E-state index in [0.717, 1.165) is 24.3 Å². The van der Waals surface area contributed by atoms with E-state index in [1.54, 1.807) is 0 Å². The van der Waals surface area contributed by atoms with Gasteiger partial charge in [-0.2, -0.15) is 13.2 Å². The zero-order chi connectivity index (χ0) is 13.1. The maximum absolute atomic E-state index is 12.3. The molecule has 0 amide bonds. The van der Waals surface area contributed by atoms with Crippen LogP contribution in [0.15, 0.2) is 43.0 Å². The molecule has 0 saturated heterocycles. The number of carbonyl (C=O) groups is 1. The van der Waals surface area contributed by atoms with Crippen molar-refractivity contribution in [3.63, 3.8) is 0 Å². The molecule has 0 fully saturated rings. The molecule has 17 heavy (non-hydrogen) atoms. The lowest BCUT2D eigenvalue weighted by atomic mass is 10.0. The van der Waals surface area contributed by atoms with Gasteiger partial charge in [-0.25, -0.2) is 4.79 Å². The topological polar surface area (TPSA) is 37.3 Å². The van der Waals surface area contributed by atoms with Gasteiger partial charge in [-0.3, -0.25) is 0 Å². The van der Waals surface area contributed by atoms with Gasteiger partial charge >= 0.3 is 12.1 Å². The summed E-state index contributed by atoms with van der Waals surface area (Å²) in [5, 5.41) is 8.85. The molecule has 0 aromatic heterocycles. The summed E-state index contributed by atoms with van der Waals surface area (Å²) in [4.78, 5) is 10.8. The third-order valence-electron chi connectivity index (χ3n) is 2.04. The Morgan fingerprint density at radius 1 is 1.24 bits per heavy atom. The van der Waals surface area contributed by atoms with E-state index in [2.05, 4.69) is 6.58 Å². The SMILES string of the molecule is C=CC=C(C(=O)O)c1ccc(C(F)(F)F)cc1. The van der Waals surface area contributed by atoms with E-state index in [1.165, 1.54) is 12.2 Å². The molecule has 0 atom stereocenters. The van der Waals surface area contributed by atoms with Gasteiger partial charge in [0.2, 0.25) is 0 Å². The number of rotatable bonds is 3. The van der Waals surface area contributed by atoms with Crippen molar-refractivity contribution in [3.8, 4) is 0 Å². The Labute approximate surface area is 95.7 Å². The van der Waals surface area contributed by atoms with Crippen molar-refractivity contribution >= 4 is 11.5 Å². The fourth-order valence-corrected chi connectivity index (χ4v) is 1.25. The molecule has 0 heterocycles. The van der Waals surface area contributed by atoms with Gasteiger partial charge in [-0.15, -0.1) is 0 Å². The van der Waals surface area contributed by atoms with E-state index in [-0.39, 0.29) is 11.1 Å². The highest BCUT2D eigenvalue weighted by Crippen LogP contribution is 2.30. The molecule has 0 aliphatic carbocycles. The molecule has 1 aromatic carbocycles. The van der Waals surface area contributed by atoms with Gasteiger partial charge in [0.05, 0.1) is 11.1 Å². The van der Waals surface area contributed by atoms with Gasteiger partial charge in [0, 0.05) is 0 Å². The molecule has 1 rings (SSSR count). The minimum absolute atomic E-state index is 0.103. The van der Waals surface area contributed by atoms with Crippen LogP contribution >= 0.6 is 0 Å². The van der Waals surface area contributed by atoms with E-state index in [0.29, 0.717) is 0 Å². The highest BCUT2D eigenvalue weighted by Gasteiger charge is 2.30. The molecule has 5 heteroatoms. The van der Waals surface area contributed by atoms with E-state index in [9.17, 15) is 18.0 Å². The van der Waals surface area contributed by atoms with E-state index >= 15 is 0 Å². The second-order valence-corrected chi connectivity index (χ2v) is 3.20. The van der Waals surface area contributed by atoms with Gasteiger partial charge in [-0.1, -0.05) is 24.8 Å². The van der Waals surface area contributed by atoms with Crippen LogP contribution in [0.25, 0.3) is 5.57 Å². The third kappa shape index (κ3) is 3.21. The van der Waals surface area contributed by atoms with Crippen molar-refractivity contribution in [1.82, 2.24) is 0 Å². The number of aliphatic carboxylic acids is 1. The summed E-state index contributed by atoms with van der Waals surface area (Å²) in [5.74, 6) is -1.22. The Morgan fingerprint density at radius 2 is 1.76 bits per heavy atom. The second kappa shape index (κ2) is 4.86. The largest absolute Gasteiger partial charge is 0.478 e. The lowest BCUT2D eigenvalue weighted by molar-refractivity contribution is -0.137. The van der Waals surface area contributed by atoms with Crippen molar-refractivity contribution in [1.29, 1.82) is 0 Å². The van der Waals surface area contributed by atoms with Crippen molar-refractivity contribution in [2.24, 2.45) is 0 Å². The average Bonchev–Trinajstić information content (AvgIpc) is 2.24. The van der Waals surface area contributed by atoms with E-state index in [1.807, 2.05) is 0 Å². The summed E-state index contributed by atoms with van der Waals surface area (Å²) in [7, 11) is 0. The van der Waals surface area contributed by atoms with Crippen LogP contribution in [0.1, 0.15) is 11.1 Å². The number of benzene rings is 1. The fraction of sp³-hybridized carbons (Fsp3) is 0.0833. The van der Waals surface area contributed by atoms with Crippen LogP contribution in [0.3, 0.4) is 0 Å². The number of halogens is 3. The predicted octanol–water partition coefficient (Wildman–Crippen LogP) is 3.36. The van der Waals surface area contributed by atoms with Gasteiger partial charge in [0.1, 0.15) is 0 Å². The minimum Gasteiger partial charge on any atom is -0.478 e. The predicted molar refractivity (Wildman–Crippen MR) is 57.3 cm³/mol. The molecular weight excluding hydrogens is 233 g/mol. The van der Waals surface area contributed by atoms with Gasteiger partial charge in [0.15, 0.2) is 0 Å². The summed E-state index contributed by atoms with van der Waals surface area (Å²) in [5.41, 5.74) is -0.719. The summed E-state index contributed by atoms with van der Waals surface area (Å²) in [6.45, 7) is 3.35. The van der Waals surface area contributed by atoms with Crippen LogP contribution in [-0.2, 0) is 11.0 Å². The number of hydrogen-bond donors (Lipinski definition) is 1. The number of alkyl halides is 3. The molecule has 0 bridgehead atoms. The van der Waals surface area contributed by atoms with E-state index in [4.69, 9.17) is 5.11 Å². The van der Waals surface area contributed by atoms with Crippen molar-refractivity contribution < 1.29 is 23.1 Å². The molecule has 1 N–H and O–H groups in total. The second-order valence-electron chi connectivity index (χ2n) is 3.20. The number of carboxylic acids is 1. The van der Waals surface area contributed by atoms with Crippen LogP contribution in [0.5, 0.6) is 0 Å². The minimum atomic E-state index is -4.43. The summed E-state index contributed by atoms with van der Waals surface area (Å²) in [6, 6.07) is 3.92. The highest BCUT2D eigenvalue weighted by atomic mass is 19.4. The van der Waals surface area contributed by atoms with Gasteiger partial charge < -0.3 is 5.11 Å². The summed E-state index contributed by atoms with van der Waals surface area (Å²) in [6.07, 6.45) is -1.93. The van der Waals surface area contributed by atoms with Crippen LogP contribution in [-0.4, -0.2) is 11.1 Å². The monoisotopic (exact) mass is 242 g/mol. The Hall–Kier alpha value is -2.04. The molecular formula is C12H9F3O2. The van der Waals surface area contributed by atoms with Crippen molar-refractivity contribution in [3.05, 3.63) is 54.1 Å². The molecule has 0 aliphatic heterocycles. The first-order chi connectivity index (χ1) is 7.86. The smallest absolute Gasteiger partial charge is 0.416 e. The van der Waals surface area contributed by atoms with Crippen LogP contribution in [0.2, 0.25) is 0 Å². The molecule has 0 radical (unpaired) electrons. The Kier molecular flexibility index (Phi) is 3.73. The standard InChI is InChI=1S/C12H9F3O2/c1-2-3-10(11(16)17)8-4-6-9(7-5-8)12(13,14)15/h2-7H,1H2,(H,16,17). The van der Waals surface area contributed by atoms with Crippen molar-refractivity contribution in [2.45, 2.75) is 6.18 Å². The zero-order valence-electron chi connectivity index (χ0n) is 8.66. The molecule has 2 nitrogen and oxygen atoms in total. The van der Waals surface area contributed by atoms with Gasteiger partial charge in [-0.05, 0) is 23.8 Å². The van der Waals surface area contributed by atoms with Gasteiger partial charge in [0.25, 0.3) is 0 Å². The highest BCUT2D eigenvalue weighted by molar-refractivity contribution is 6.15. The molecule has 0 spiro atoms. The van der Waals surface area contributed by atoms with Crippen LogP contribution in [0, 0.1) is 0 Å². The lowest BCUT2D eigenvalue weighted by Gasteiger charge is -2.07. The summed E-state index contributed by atoms with van der Waals surface area (Å²) >= 11 is 0. The lowest BCUT2D eigenvalue weighted by Crippen LogP contribution is -2.05. The Morgan fingerprint density at radius 3 is 2.12 bits per heavy atom. The van der Waals surface area contributed by atoms with Crippen LogP contribution < -0.4 is 0 Å². The molecule has 0 aliphatic rings. The molecule has 0 unspecified atom stereocenters. The first-order valence-electron chi connectivity index (χ1n) is 4.60. The number of allylic oxidation sites excluding steroid dienone is 2. The normalized spacial score (nSPS) is 12.3. The van der Waals surface area contributed by atoms with Crippen LogP contribution in [0.4, 0.5) is 13.2 Å². The number of carboxylic acid groups (broad SMARTS) is 1. The Balaban J connectivity index is 3.14. The Bertz CT molecular complexity index is 456. The quantitative estimate of drug-likeness (QED) is 0.651. The average molecular weight is 242 g/mol. The fourth-order valence-electron chi connectivity index (χ4n) is 1.25. The summed E-state index contributed by atoms with van der Waals surface area (Å²) < 4.78 is 36.8. The molecule has 90 valence electrons.